The Morgan fingerprint density at radius 1 is 1.21 bits per heavy atom. The Hall–Kier alpha value is -3.63. The molecule has 0 saturated heterocycles. The van der Waals surface area contributed by atoms with Gasteiger partial charge in [0.05, 0.1) is 29.4 Å². The number of thiazole rings is 1. The Labute approximate surface area is 172 Å². The van der Waals surface area contributed by atoms with Crippen LogP contribution in [0.3, 0.4) is 0 Å². The number of hydrogen-bond donors (Lipinski definition) is 0. The SMILES string of the molecule is COc1cc(C#N)ccc1OC(=O)/C=C/c1ccccc1OCc1csc(C)n1. The highest BCUT2D eigenvalue weighted by atomic mass is 32.1. The second-order valence-electron chi connectivity index (χ2n) is 5.92. The smallest absolute Gasteiger partial charge is 0.336 e. The molecule has 0 radical (unpaired) electrons. The van der Waals surface area contributed by atoms with Crippen LogP contribution < -0.4 is 14.2 Å². The van der Waals surface area contributed by atoms with Crippen LogP contribution in [0.15, 0.2) is 53.9 Å². The summed E-state index contributed by atoms with van der Waals surface area (Å²) in [5.74, 6) is 0.619. The monoisotopic (exact) mass is 406 g/mol. The van der Waals surface area contributed by atoms with Crippen molar-refractivity contribution in [1.29, 1.82) is 5.26 Å². The van der Waals surface area contributed by atoms with Gasteiger partial charge in [-0.3, -0.25) is 0 Å². The first-order chi connectivity index (χ1) is 14.1. The van der Waals surface area contributed by atoms with E-state index in [1.165, 1.54) is 25.3 Å². The molecule has 0 N–H and O–H groups in total. The van der Waals surface area contributed by atoms with Crippen LogP contribution in [0.25, 0.3) is 6.08 Å². The molecule has 146 valence electrons. The van der Waals surface area contributed by atoms with E-state index in [4.69, 9.17) is 19.5 Å². The van der Waals surface area contributed by atoms with Crippen molar-refractivity contribution in [2.24, 2.45) is 0 Å². The van der Waals surface area contributed by atoms with Gasteiger partial charge < -0.3 is 14.2 Å². The van der Waals surface area contributed by atoms with Crippen LogP contribution >= 0.6 is 11.3 Å². The molecule has 29 heavy (non-hydrogen) atoms. The number of aromatic nitrogens is 1. The van der Waals surface area contributed by atoms with Crippen LogP contribution in [-0.4, -0.2) is 18.1 Å². The molecule has 3 rings (SSSR count). The number of hydrogen-bond acceptors (Lipinski definition) is 7. The number of nitriles is 1. The van der Waals surface area contributed by atoms with E-state index in [1.54, 1.807) is 23.5 Å². The maximum Gasteiger partial charge on any atom is 0.336 e. The Balaban J connectivity index is 1.68. The molecule has 3 aromatic rings. The number of nitrogens with zero attached hydrogens (tertiary/aromatic N) is 2. The normalized spacial score (nSPS) is 10.5. The fourth-order valence-corrected chi connectivity index (χ4v) is 3.09. The predicted octanol–water partition coefficient (Wildman–Crippen LogP) is 4.53. The van der Waals surface area contributed by atoms with Gasteiger partial charge in [0, 0.05) is 23.1 Å². The topological polar surface area (TPSA) is 81.4 Å². The van der Waals surface area contributed by atoms with Crippen molar-refractivity contribution in [1.82, 2.24) is 4.98 Å². The number of esters is 1. The van der Waals surface area contributed by atoms with Crippen molar-refractivity contribution >= 4 is 23.4 Å². The lowest BCUT2D eigenvalue weighted by Crippen LogP contribution is -2.05. The van der Waals surface area contributed by atoms with Crippen LogP contribution in [-0.2, 0) is 11.4 Å². The van der Waals surface area contributed by atoms with Gasteiger partial charge in [0.2, 0.25) is 0 Å². The third kappa shape index (κ3) is 5.43. The third-order valence-corrected chi connectivity index (χ3v) is 4.69. The lowest BCUT2D eigenvalue weighted by molar-refractivity contribution is -0.129. The van der Waals surface area contributed by atoms with Gasteiger partial charge in [-0.25, -0.2) is 9.78 Å². The molecular formula is C22H18N2O4S. The van der Waals surface area contributed by atoms with Crippen molar-refractivity contribution in [2.75, 3.05) is 7.11 Å². The van der Waals surface area contributed by atoms with Gasteiger partial charge in [0.25, 0.3) is 0 Å². The summed E-state index contributed by atoms with van der Waals surface area (Å²) in [6.45, 7) is 2.29. The zero-order valence-electron chi connectivity index (χ0n) is 15.9. The Kier molecular flexibility index (Phi) is 6.61. The van der Waals surface area contributed by atoms with Crippen molar-refractivity contribution in [3.63, 3.8) is 0 Å². The van der Waals surface area contributed by atoms with E-state index < -0.39 is 5.97 Å². The molecule has 1 heterocycles. The number of methoxy groups -OCH3 is 1. The molecule has 0 bridgehead atoms. The van der Waals surface area contributed by atoms with Crippen LogP contribution in [0.2, 0.25) is 0 Å². The molecule has 0 amide bonds. The maximum absolute atomic E-state index is 12.2. The van der Waals surface area contributed by atoms with Crippen LogP contribution in [0.1, 0.15) is 21.8 Å². The first-order valence-electron chi connectivity index (χ1n) is 8.70. The van der Waals surface area contributed by atoms with Crippen LogP contribution in [0.4, 0.5) is 0 Å². The minimum Gasteiger partial charge on any atom is -0.493 e. The number of aryl methyl sites for hydroxylation is 1. The highest BCUT2D eigenvalue weighted by Gasteiger charge is 2.10. The molecule has 0 fully saturated rings. The molecule has 0 atom stereocenters. The molecule has 6 nitrogen and oxygen atoms in total. The van der Waals surface area contributed by atoms with Crippen molar-refractivity contribution < 1.29 is 19.0 Å². The first-order valence-corrected chi connectivity index (χ1v) is 9.58. The molecule has 0 saturated carbocycles. The highest BCUT2D eigenvalue weighted by Crippen LogP contribution is 2.28. The Morgan fingerprint density at radius 3 is 2.76 bits per heavy atom. The average Bonchev–Trinajstić information content (AvgIpc) is 3.16. The van der Waals surface area contributed by atoms with Gasteiger partial charge in [-0.15, -0.1) is 11.3 Å². The average molecular weight is 406 g/mol. The number of benzene rings is 2. The Morgan fingerprint density at radius 2 is 2.03 bits per heavy atom. The third-order valence-electron chi connectivity index (χ3n) is 3.86. The standard InChI is InChI=1S/C22H18N2O4S/c1-15-24-18(14-29-15)13-27-19-6-4-3-5-17(19)8-10-22(25)28-20-9-7-16(12-23)11-21(20)26-2/h3-11,14H,13H2,1-2H3/b10-8+. The van der Waals surface area contributed by atoms with E-state index in [2.05, 4.69) is 4.98 Å². The number of carbonyl (C=O) groups excluding carboxylic acids is 1. The number of rotatable bonds is 7. The molecule has 0 aliphatic heterocycles. The lowest BCUT2D eigenvalue weighted by Gasteiger charge is -2.09. The van der Waals surface area contributed by atoms with Crippen molar-refractivity contribution in [3.05, 3.63) is 75.7 Å². The van der Waals surface area contributed by atoms with Crippen LogP contribution in [0, 0.1) is 18.3 Å². The molecule has 0 aliphatic rings. The van der Waals surface area contributed by atoms with E-state index in [9.17, 15) is 4.79 Å². The van der Waals surface area contributed by atoms with E-state index in [0.717, 1.165) is 16.3 Å². The van der Waals surface area contributed by atoms with E-state index >= 15 is 0 Å². The van der Waals surface area contributed by atoms with Gasteiger partial charge >= 0.3 is 5.97 Å². The molecular weight excluding hydrogens is 388 g/mol. The zero-order chi connectivity index (χ0) is 20.6. The highest BCUT2D eigenvalue weighted by molar-refractivity contribution is 7.09. The minimum absolute atomic E-state index is 0.240. The van der Waals surface area contributed by atoms with Gasteiger partial charge in [-0.2, -0.15) is 5.26 Å². The second-order valence-corrected chi connectivity index (χ2v) is 6.98. The molecule has 2 aromatic carbocycles. The lowest BCUT2D eigenvalue weighted by atomic mass is 10.2. The van der Waals surface area contributed by atoms with E-state index in [1.807, 2.05) is 42.6 Å². The summed E-state index contributed by atoms with van der Waals surface area (Å²) in [5.41, 5.74) is 2.01. The molecule has 0 unspecified atom stereocenters. The minimum atomic E-state index is -0.571. The molecule has 1 aromatic heterocycles. The fourth-order valence-electron chi connectivity index (χ4n) is 2.50. The summed E-state index contributed by atoms with van der Waals surface area (Å²) in [5, 5.41) is 11.9. The summed E-state index contributed by atoms with van der Waals surface area (Å²) in [7, 11) is 1.45. The zero-order valence-corrected chi connectivity index (χ0v) is 16.7. The Bertz CT molecular complexity index is 1080. The largest absolute Gasteiger partial charge is 0.493 e. The summed E-state index contributed by atoms with van der Waals surface area (Å²) in [4.78, 5) is 16.6. The van der Waals surface area contributed by atoms with Gasteiger partial charge in [0.1, 0.15) is 12.4 Å². The molecule has 7 heteroatoms. The predicted molar refractivity (Wildman–Crippen MR) is 110 cm³/mol. The van der Waals surface area contributed by atoms with Crippen molar-refractivity contribution in [2.45, 2.75) is 13.5 Å². The number of para-hydroxylation sites is 1. The van der Waals surface area contributed by atoms with Crippen LogP contribution in [0.5, 0.6) is 17.2 Å². The molecule has 0 aliphatic carbocycles. The summed E-state index contributed by atoms with van der Waals surface area (Å²) < 4.78 is 16.3. The van der Waals surface area contributed by atoms with Gasteiger partial charge in [-0.05, 0) is 31.2 Å². The van der Waals surface area contributed by atoms with E-state index in [0.29, 0.717) is 23.7 Å². The van der Waals surface area contributed by atoms with E-state index in [-0.39, 0.29) is 5.75 Å². The van der Waals surface area contributed by atoms with Gasteiger partial charge in [0.15, 0.2) is 11.5 Å². The molecule has 0 spiro atoms. The summed E-state index contributed by atoms with van der Waals surface area (Å²) >= 11 is 1.57. The van der Waals surface area contributed by atoms with Gasteiger partial charge in [-0.1, -0.05) is 18.2 Å². The quantitative estimate of drug-likeness (QED) is 0.326. The fraction of sp³-hybridized carbons (Fsp3) is 0.136. The summed E-state index contributed by atoms with van der Waals surface area (Å²) in [6.07, 6.45) is 2.94. The number of carbonyl (C=O) groups is 1. The number of ether oxygens (including phenoxy) is 3. The maximum atomic E-state index is 12.2. The van der Waals surface area contributed by atoms with Crippen molar-refractivity contribution in [3.8, 4) is 23.3 Å². The summed E-state index contributed by atoms with van der Waals surface area (Å²) in [6, 6.07) is 14.0. The second kappa shape index (κ2) is 9.53. The first kappa shape index (κ1) is 20.1.